The van der Waals surface area contributed by atoms with Crippen molar-refractivity contribution >= 4 is 11.9 Å². The molecule has 1 unspecified atom stereocenters. The van der Waals surface area contributed by atoms with Crippen LogP contribution in [0.2, 0.25) is 0 Å². The number of aromatic hydroxyl groups is 1. The number of rotatable bonds is 5. The highest BCUT2D eigenvalue weighted by Gasteiger charge is 2.22. The van der Waals surface area contributed by atoms with Crippen LogP contribution >= 0.6 is 0 Å². The average molecular weight is 238 g/mol. The largest absolute Gasteiger partial charge is 0.508 e. The first-order valence-corrected chi connectivity index (χ1v) is 5.10. The molecule has 0 aliphatic heterocycles. The van der Waals surface area contributed by atoms with Crippen LogP contribution in [0, 0.1) is 5.92 Å². The van der Waals surface area contributed by atoms with E-state index in [2.05, 4.69) is 4.74 Å². The van der Waals surface area contributed by atoms with Gasteiger partial charge in [0.1, 0.15) is 5.75 Å². The van der Waals surface area contributed by atoms with Crippen LogP contribution in [0.3, 0.4) is 0 Å². The molecule has 0 aliphatic carbocycles. The minimum absolute atomic E-state index is 0.126. The molecule has 1 aromatic rings. The first-order valence-electron chi connectivity index (χ1n) is 5.10. The number of esters is 1. The van der Waals surface area contributed by atoms with Gasteiger partial charge in [-0.1, -0.05) is 12.1 Å². The summed E-state index contributed by atoms with van der Waals surface area (Å²) in [6.45, 7) is 0. The van der Waals surface area contributed by atoms with Gasteiger partial charge < -0.3 is 14.9 Å². The molecule has 5 nitrogen and oxygen atoms in total. The number of carbonyl (C=O) groups is 2. The van der Waals surface area contributed by atoms with Crippen molar-refractivity contribution < 1.29 is 24.5 Å². The minimum Gasteiger partial charge on any atom is -0.508 e. The number of benzene rings is 1. The summed E-state index contributed by atoms with van der Waals surface area (Å²) in [5.74, 6) is -2.16. The van der Waals surface area contributed by atoms with Crippen LogP contribution in [-0.2, 0) is 20.7 Å². The van der Waals surface area contributed by atoms with Gasteiger partial charge in [0.2, 0.25) is 0 Å². The van der Waals surface area contributed by atoms with Gasteiger partial charge in [-0.05, 0) is 24.1 Å². The van der Waals surface area contributed by atoms with Crippen LogP contribution in [-0.4, -0.2) is 29.3 Å². The van der Waals surface area contributed by atoms with E-state index in [9.17, 15) is 9.59 Å². The van der Waals surface area contributed by atoms with Crippen LogP contribution in [0.5, 0.6) is 5.75 Å². The third-order valence-electron chi connectivity index (χ3n) is 2.37. The fraction of sp³-hybridized carbons (Fsp3) is 0.333. The number of hydrogen-bond acceptors (Lipinski definition) is 4. The second-order valence-corrected chi connectivity index (χ2v) is 3.69. The molecule has 5 heteroatoms. The maximum Gasteiger partial charge on any atom is 0.309 e. The summed E-state index contributed by atoms with van der Waals surface area (Å²) in [6.07, 6.45) is 0.00675. The lowest BCUT2D eigenvalue weighted by Crippen LogP contribution is -2.21. The molecule has 0 aliphatic rings. The topological polar surface area (TPSA) is 83.8 Å². The smallest absolute Gasteiger partial charge is 0.309 e. The standard InChI is InChI=1S/C12H14O5/c1-17-12(16)9(7-11(14)15)6-8-2-4-10(13)5-3-8/h2-5,9,13H,6-7H2,1H3,(H,14,15). The summed E-state index contributed by atoms with van der Waals surface area (Å²) < 4.78 is 4.56. The lowest BCUT2D eigenvalue weighted by atomic mass is 9.96. The van der Waals surface area contributed by atoms with E-state index in [1.807, 2.05) is 0 Å². The highest BCUT2D eigenvalue weighted by Crippen LogP contribution is 2.17. The molecule has 17 heavy (non-hydrogen) atoms. The second kappa shape index (κ2) is 5.89. The van der Waals surface area contributed by atoms with Gasteiger partial charge in [0, 0.05) is 0 Å². The van der Waals surface area contributed by atoms with Gasteiger partial charge in [-0.15, -0.1) is 0 Å². The van der Waals surface area contributed by atoms with E-state index >= 15 is 0 Å². The van der Waals surface area contributed by atoms with Gasteiger partial charge in [-0.3, -0.25) is 9.59 Å². The summed E-state index contributed by atoms with van der Waals surface area (Å²) in [7, 11) is 1.23. The molecule has 0 spiro atoms. The number of carboxylic acid groups (broad SMARTS) is 1. The Morgan fingerprint density at radius 2 is 1.88 bits per heavy atom. The van der Waals surface area contributed by atoms with Crippen LogP contribution in [0.15, 0.2) is 24.3 Å². The molecule has 0 heterocycles. The first kappa shape index (κ1) is 13.0. The fourth-order valence-corrected chi connectivity index (χ4v) is 1.53. The summed E-state index contributed by atoms with van der Waals surface area (Å²) in [5.41, 5.74) is 0.777. The molecule has 2 N–H and O–H groups in total. The molecule has 0 fully saturated rings. The predicted molar refractivity (Wildman–Crippen MR) is 59.6 cm³/mol. The van der Waals surface area contributed by atoms with Gasteiger partial charge in [0.25, 0.3) is 0 Å². The van der Waals surface area contributed by atoms with E-state index in [1.54, 1.807) is 12.1 Å². The lowest BCUT2D eigenvalue weighted by molar-refractivity contribution is -0.150. The Morgan fingerprint density at radius 1 is 1.29 bits per heavy atom. The van der Waals surface area contributed by atoms with Gasteiger partial charge in [0.15, 0.2) is 0 Å². The van der Waals surface area contributed by atoms with E-state index in [-0.39, 0.29) is 18.6 Å². The van der Waals surface area contributed by atoms with Crippen molar-refractivity contribution in [2.45, 2.75) is 12.8 Å². The molecule has 0 aromatic heterocycles. The number of methoxy groups -OCH3 is 1. The number of aliphatic carboxylic acids is 1. The highest BCUT2D eigenvalue weighted by atomic mass is 16.5. The van der Waals surface area contributed by atoms with Crippen molar-refractivity contribution in [3.8, 4) is 5.75 Å². The highest BCUT2D eigenvalue weighted by molar-refractivity contribution is 5.79. The second-order valence-electron chi connectivity index (χ2n) is 3.69. The molecule has 92 valence electrons. The van der Waals surface area contributed by atoms with E-state index in [1.165, 1.54) is 19.2 Å². The summed E-state index contributed by atoms with van der Waals surface area (Å²) >= 11 is 0. The van der Waals surface area contributed by atoms with Crippen molar-refractivity contribution in [3.05, 3.63) is 29.8 Å². The van der Waals surface area contributed by atoms with Gasteiger partial charge in [-0.2, -0.15) is 0 Å². The van der Waals surface area contributed by atoms with E-state index in [0.29, 0.717) is 0 Å². The molecule has 0 amide bonds. The van der Waals surface area contributed by atoms with Crippen molar-refractivity contribution in [2.75, 3.05) is 7.11 Å². The Hall–Kier alpha value is -2.04. The Balaban J connectivity index is 2.75. The molecule has 0 saturated heterocycles. The first-order chi connectivity index (χ1) is 8.02. The minimum atomic E-state index is -1.04. The Labute approximate surface area is 98.6 Å². The zero-order chi connectivity index (χ0) is 12.8. The Morgan fingerprint density at radius 3 is 2.35 bits per heavy atom. The normalized spacial score (nSPS) is 11.8. The summed E-state index contributed by atoms with van der Waals surface area (Å²) in [5, 5.41) is 17.8. The molecule has 0 radical (unpaired) electrons. The fourth-order valence-electron chi connectivity index (χ4n) is 1.53. The molecule has 1 atom stereocenters. The Kier molecular flexibility index (Phi) is 4.51. The van der Waals surface area contributed by atoms with Crippen molar-refractivity contribution in [2.24, 2.45) is 5.92 Å². The van der Waals surface area contributed by atoms with Crippen LogP contribution in [0.1, 0.15) is 12.0 Å². The lowest BCUT2D eigenvalue weighted by Gasteiger charge is -2.12. The zero-order valence-electron chi connectivity index (χ0n) is 9.42. The van der Waals surface area contributed by atoms with Crippen LogP contribution in [0.25, 0.3) is 0 Å². The van der Waals surface area contributed by atoms with Crippen molar-refractivity contribution in [1.82, 2.24) is 0 Å². The van der Waals surface area contributed by atoms with E-state index in [0.717, 1.165) is 5.56 Å². The SMILES string of the molecule is COC(=O)C(CC(=O)O)Cc1ccc(O)cc1. The zero-order valence-corrected chi connectivity index (χ0v) is 9.42. The maximum absolute atomic E-state index is 11.4. The van der Waals surface area contributed by atoms with Crippen LogP contribution in [0.4, 0.5) is 0 Å². The van der Waals surface area contributed by atoms with E-state index in [4.69, 9.17) is 10.2 Å². The number of carbonyl (C=O) groups excluding carboxylic acids is 1. The van der Waals surface area contributed by atoms with Crippen molar-refractivity contribution in [3.63, 3.8) is 0 Å². The van der Waals surface area contributed by atoms with Gasteiger partial charge in [0.05, 0.1) is 19.4 Å². The molecule has 1 aromatic carbocycles. The van der Waals surface area contributed by atoms with Crippen molar-refractivity contribution in [1.29, 1.82) is 0 Å². The molecular formula is C12H14O5. The van der Waals surface area contributed by atoms with Crippen LogP contribution < -0.4 is 0 Å². The summed E-state index contributed by atoms with van der Waals surface area (Å²) in [4.78, 5) is 22.0. The third-order valence-corrected chi connectivity index (χ3v) is 2.37. The average Bonchev–Trinajstić information content (AvgIpc) is 2.29. The third kappa shape index (κ3) is 4.14. The van der Waals surface area contributed by atoms with Gasteiger partial charge in [-0.25, -0.2) is 0 Å². The molecule has 1 rings (SSSR count). The summed E-state index contributed by atoms with van der Waals surface area (Å²) in [6, 6.07) is 6.27. The Bertz CT molecular complexity index is 396. The molecule has 0 bridgehead atoms. The quantitative estimate of drug-likeness (QED) is 0.753. The molecule has 0 saturated carbocycles. The number of phenolic OH excluding ortho intramolecular Hbond substituents is 1. The molecular weight excluding hydrogens is 224 g/mol. The monoisotopic (exact) mass is 238 g/mol. The number of phenols is 1. The number of ether oxygens (including phenoxy) is 1. The van der Waals surface area contributed by atoms with Gasteiger partial charge >= 0.3 is 11.9 Å². The predicted octanol–water partition coefficient (Wildman–Crippen LogP) is 1.20. The number of carboxylic acids is 1. The maximum atomic E-state index is 11.4. The number of hydrogen-bond donors (Lipinski definition) is 2. The van der Waals surface area contributed by atoms with E-state index < -0.39 is 17.9 Å².